The highest BCUT2D eigenvalue weighted by molar-refractivity contribution is 7.22. The Balaban J connectivity index is 0.00000261. The van der Waals surface area contributed by atoms with Gasteiger partial charge in [0.15, 0.2) is 5.13 Å². The number of benzene rings is 2. The molecule has 27 heavy (non-hydrogen) atoms. The molecule has 1 amide bonds. The molecule has 0 unspecified atom stereocenters. The fraction of sp³-hybridized carbons (Fsp3) is 0.300. The third kappa shape index (κ3) is 4.99. The second-order valence-corrected chi connectivity index (χ2v) is 7.81. The first-order chi connectivity index (χ1) is 12.5. The van der Waals surface area contributed by atoms with E-state index in [0.717, 1.165) is 23.2 Å². The molecule has 0 atom stereocenters. The molecular formula is C20H23Cl2N3OS. The van der Waals surface area contributed by atoms with E-state index in [-0.39, 0.29) is 18.3 Å². The lowest BCUT2D eigenvalue weighted by Crippen LogP contribution is -2.36. The summed E-state index contributed by atoms with van der Waals surface area (Å²) in [6.45, 7) is 3.43. The second kappa shape index (κ2) is 9.51. The minimum Gasteiger partial charge on any atom is -0.308 e. The van der Waals surface area contributed by atoms with E-state index in [1.807, 2.05) is 32.3 Å². The van der Waals surface area contributed by atoms with Crippen molar-refractivity contribution in [3.8, 4) is 0 Å². The third-order valence-electron chi connectivity index (χ3n) is 4.20. The molecule has 0 fully saturated rings. The highest BCUT2D eigenvalue weighted by Crippen LogP contribution is 2.31. The first-order valence-corrected chi connectivity index (χ1v) is 9.79. The number of carbonyl (C=O) groups excluding carboxylic acids is 1. The summed E-state index contributed by atoms with van der Waals surface area (Å²) in [5, 5.41) is 1.17. The SMILES string of the molecule is CCc1ccc2nc(N(CCN(C)C)C(=O)c3ccccc3Cl)sc2c1.Cl. The summed E-state index contributed by atoms with van der Waals surface area (Å²) < 4.78 is 1.10. The Labute approximate surface area is 175 Å². The van der Waals surface area contributed by atoms with Crippen LogP contribution in [0, 0.1) is 0 Å². The average molecular weight is 424 g/mol. The Morgan fingerprint density at radius 1 is 1.15 bits per heavy atom. The van der Waals surface area contributed by atoms with Crippen molar-refractivity contribution in [2.45, 2.75) is 13.3 Å². The summed E-state index contributed by atoms with van der Waals surface area (Å²) in [5.74, 6) is -0.118. The van der Waals surface area contributed by atoms with Crippen LogP contribution in [0.3, 0.4) is 0 Å². The van der Waals surface area contributed by atoms with Gasteiger partial charge in [-0.3, -0.25) is 9.69 Å². The summed E-state index contributed by atoms with van der Waals surface area (Å²) in [6, 6.07) is 13.4. The molecule has 0 spiro atoms. The molecule has 4 nitrogen and oxygen atoms in total. The number of aryl methyl sites for hydroxylation is 1. The minimum atomic E-state index is -0.118. The standard InChI is InChI=1S/C20H22ClN3OS.ClH/c1-4-14-9-10-17-18(13-14)26-20(22-17)24(12-11-23(2)3)19(25)15-7-5-6-8-16(15)21;/h5-10,13H,4,11-12H2,1-3H3;1H. The van der Waals surface area contributed by atoms with Gasteiger partial charge < -0.3 is 4.90 Å². The normalized spacial score (nSPS) is 10.9. The van der Waals surface area contributed by atoms with Crippen LogP contribution in [0.15, 0.2) is 42.5 Å². The van der Waals surface area contributed by atoms with Gasteiger partial charge in [-0.15, -0.1) is 12.4 Å². The zero-order valence-corrected chi connectivity index (χ0v) is 18.0. The Hall–Kier alpha value is -1.66. The van der Waals surface area contributed by atoms with Gasteiger partial charge in [0.25, 0.3) is 5.91 Å². The molecule has 0 aliphatic carbocycles. The van der Waals surface area contributed by atoms with Gasteiger partial charge in [-0.25, -0.2) is 4.98 Å². The monoisotopic (exact) mass is 423 g/mol. The molecule has 0 aliphatic heterocycles. The van der Waals surface area contributed by atoms with E-state index in [4.69, 9.17) is 16.6 Å². The number of halogens is 2. The predicted octanol–water partition coefficient (Wildman–Crippen LogP) is 5.14. The third-order valence-corrected chi connectivity index (χ3v) is 5.57. The predicted molar refractivity (Wildman–Crippen MR) is 118 cm³/mol. The topological polar surface area (TPSA) is 36.4 Å². The van der Waals surface area contributed by atoms with Crippen molar-refractivity contribution in [2.24, 2.45) is 0 Å². The average Bonchev–Trinajstić information content (AvgIpc) is 3.04. The van der Waals surface area contributed by atoms with Crippen molar-refractivity contribution >= 4 is 56.6 Å². The number of fused-ring (bicyclic) bond motifs is 1. The summed E-state index contributed by atoms with van der Waals surface area (Å²) in [5.41, 5.74) is 2.69. The molecule has 7 heteroatoms. The van der Waals surface area contributed by atoms with E-state index in [0.29, 0.717) is 22.3 Å². The van der Waals surface area contributed by atoms with Gasteiger partial charge in [-0.05, 0) is 50.3 Å². The highest BCUT2D eigenvalue weighted by atomic mass is 35.5. The molecule has 0 saturated heterocycles. The number of nitrogens with zero attached hydrogens (tertiary/aromatic N) is 3. The van der Waals surface area contributed by atoms with E-state index < -0.39 is 0 Å². The van der Waals surface area contributed by atoms with Crippen LogP contribution in [-0.2, 0) is 6.42 Å². The molecule has 0 radical (unpaired) electrons. The highest BCUT2D eigenvalue weighted by Gasteiger charge is 2.23. The number of amides is 1. The van der Waals surface area contributed by atoms with Crippen LogP contribution in [0.4, 0.5) is 5.13 Å². The van der Waals surface area contributed by atoms with Crippen LogP contribution in [0.1, 0.15) is 22.8 Å². The smallest absolute Gasteiger partial charge is 0.261 e. The van der Waals surface area contributed by atoms with E-state index in [1.54, 1.807) is 28.4 Å². The van der Waals surface area contributed by atoms with Crippen molar-refractivity contribution in [2.75, 3.05) is 32.1 Å². The van der Waals surface area contributed by atoms with Crippen molar-refractivity contribution < 1.29 is 4.79 Å². The summed E-state index contributed by atoms with van der Waals surface area (Å²) >= 11 is 7.80. The summed E-state index contributed by atoms with van der Waals surface area (Å²) in [4.78, 5) is 21.7. The molecule has 1 aromatic heterocycles. The number of aromatic nitrogens is 1. The van der Waals surface area contributed by atoms with Crippen LogP contribution >= 0.6 is 35.3 Å². The molecule has 3 rings (SSSR count). The molecule has 1 heterocycles. The Kier molecular flexibility index (Phi) is 7.62. The fourth-order valence-corrected chi connectivity index (χ4v) is 3.93. The first-order valence-electron chi connectivity index (χ1n) is 8.60. The maximum atomic E-state index is 13.2. The van der Waals surface area contributed by atoms with Crippen LogP contribution in [-0.4, -0.2) is 43.0 Å². The van der Waals surface area contributed by atoms with Crippen LogP contribution < -0.4 is 4.90 Å². The molecule has 3 aromatic rings. The van der Waals surface area contributed by atoms with Crippen LogP contribution in [0.5, 0.6) is 0 Å². The van der Waals surface area contributed by atoms with Crippen LogP contribution in [0.25, 0.3) is 10.2 Å². The minimum absolute atomic E-state index is 0. The van der Waals surface area contributed by atoms with E-state index in [2.05, 4.69) is 24.0 Å². The number of likely N-dealkylation sites (N-methyl/N-ethyl adjacent to an activating group) is 1. The number of carbonyl (C=O) groups is 1. The number of anilines is 1. The number of hydrogen-bond acceptors (Lipinski definition) is 4. The van der Waals surface area contributed by atoms with E-state index in [9.17, 15) is 4.79 Å². The maximum Gasteiger partial charge on any atom is 0.261 e. The molecule has 0 bridgehead atoms. The van der Waals surface area contributed by atoms with Gasteiger partial charge in [0.2, 0.25) is 0 Å². The molecule has 0 saturated carbocycles. The van der Waals surface area contributed by atoms with Gasteiger partial charge >= 0.3 is 0 Å². The Morgan fingerprint density at radius 2 is 1.89 bits per heavy atom. The van der Waals surface area contributed by atoms with Gasteiger partial charge in [-0.1, -0.05) is 48.1 Å². The van der Waals surface area contributed by atoms with Crippen molar-refractivity contribution in [1.82, 2.24) is 9.88 Å². The molecule has 0 aliphatic rings. The largest absolute Gasteiger partial charge is 0.308 e. The zero-order chi connectivity index (χ0) is 18.7. The van der Waals surface area contributed by atoms with Gasteiger partial charge in [0.1, 0.15) is 0 Å². The van der Waals surface area contributed by atoms with Gasteiger partial charge in [0.05, 0.1) is 20.8 Å². The Morgan fingerprint density at radius 3 is 2.56 bits per heavy atom. The van der Waals surface area contributed by atoms with Gasteiger partial charge in [-0.2, -0.15) is 0 Å². The zero-order valence-electron chi connectivity index (χ0n) is 15.6. The summed E-state index contributed by atoms with van der Waals surface area (Å²) in [6.07, 6.45) is 0.978. The van der Waals surface area contributed by atoms with Gasteiger partial charge in [0, 0.05) is 13.1 Å². The number of thiazole rings is 1. The summed E-state index contributed by atoms with van der Waals surface area (Å²) in [7, 11) is 3.98. The first kappa shape index (κ1) is 21.6. The van der Waals surface area contributed by atoms with Crippen molar-refractivity contribution in [3.63, 3.8) is 0 Å². The number of rotatable bonds is 6. The number of hydrogen-bond donors (Lipinski definition) is 0. The molecule has 144 valence electrons. The Bertz CT molecular complexity index is 926. The fourth-order valence-electron chi connectivity index (χ4n) is 2.66. The van der Waals surface area contributed by atoms with Crippen LogP contribution in [0.2, 0.25) is 5.02 Å². The van der Waals surface area contributed by atoms with E-state index in [1.165, 1.54) is 5.56 Å². The molecular weight excluding hydrogens is 401 g/mol. The lowest BCUT2D eigenvalue weighted by atomic mass is 10.2. The lowest BCUT2D eigenvalue weighted by molar-refractivity contribution is 0.0985. The quantitative estimate of drug-likeness (QED) is 0.550. The second-order valence-electron chi connectivity index (χ2n) is 6.39. The van der Waals surface area contributed by atoms with Crippen molar-refractivity contribution in [1.29, 1.82) is 0 Å². The molecule has 2 aromatic carbocycles. The van der Waals surface area contributed by atoms with Crippen molar-refractivity contribution in [3.05, 3.63) is 58.6 Å². The van der Waals surface area contributed by atoms with E-state index >= 15 is 0 Å². The lowest BCUT2D eigenvalue weighted by Gasteiger charge is -2.22. The maximum absolute atomic E-state index is 13.2. The molecule has 0 N–H and O–H groups in total.